The number of ether oxygens (including phenoxy) is 1. The minimum atomic E-state index is -0.508. The Hall–Kier alpha value is -2.38. The predicted molar refractivity (Wildman–Crippen MR) is 98.4 cm³/mol. The van der Waals surface area contributed by atoms with Crippen LogP contribution >= 0.6 is 0 Å². The number of nitrogens with zero attached hydrogens (tertiary/aromatic N) is 2. The van der Waals surface area contributed by atoms with Crippen molar-refractivity contribution >= 4 is 12.0 Å². The van der Waals surface area contributed by atoms with Crippen LogP contribution in [0, 0.1) is 0 Å². The number of carbonyl (C=O) groups excluding carboxylic acids is 2. The molecule has 3 rings (SSSR count). The Morgan fingerprint density at radius 2 is 1.88 bits per heavy atom. The number of nitrogens with one attached hydrogen (secondary N) is 2. The fraction of sp³-hybridized carbons (Fsp3) is 0.474. The van der Waals surface area contributed by atoms with Crippen molar-refractivity contribution in [3.8, 4) is 0 Å². The van der Waals surface area contributed by atoms with Crippen LogP contribution in [-0.2, 0) is 9.53 Å². The lowest BCUT2D eigenvalue weighted by molar-refractivity contribution is -0.139. The summed E-state index contributed by atoms with van der Waals surface area (Å²) in [5.41, 5.74) is 1.98. The van der Waals surface area contributed by atoms with Crippen LogP contribution in [0.25, 0.3) is 0 Å². The minimum absolute atomic E-state index is 0.291. The number of hydrogen-bond donors (Lipinski definition) is 2. The molecule has 0 aromatic heterocycles. The summed E-state index contributed by atoms with van der Waals surface area (Å²) in [6.45, 7) is 6.33. The van der Waals surface area contributed by atoms with Crippen molar-refractivity contribution < 1.29 is 14.3 Å². The quantitative estimate of drug-likeness (QED) is 0.772. The van der Waals surface area contributed by atoms with Gasteiger partial charge in [-0.15, -0.1) is 0 Å². The fourth-order valence-electron chi connectivity index (χ4n) is 3.32. The highest BCUT2D eigenvalue weighted by Gasteiger charge is 2.34. The van der Waals surface area contributed by atoms with Crippen molar-refractivity contribution in [2.45, 2.75) is 13.0 Å². The number of hydrogen-bond acceptors (Lipinski definition) is 5. The van der Waals surface area contributed by atoms with E-state index in [1.54, 1.807) is 6.92 Å². The van der Waals surface area contributed by atoms with E-state index in [2.05, 4.69) is 27.5 Å². The lowest BCUT2D eigenvalue weighted by atomic mass is 9.95. The normalized spacial score (nSPS) is 21.9. The summed E-state index contributed by atoms with van der Waals surface area (Å²) in [5.74, 6) is -0.391. The summed E-state index contributed by atoms with van der Waals surface area (Å²) in [7, 11) is 2.10. The van der Waals surface area contributed by atoms with Gasteiger partial charge in [0.25, 0.3) is 0 Å². The average Bonchev–Trinajstić information content (AvgIpc) is 2.64. The largest absolute Gasteiger partial charge is 0.463 e. The molecular formula is C19H26N4O3. The van der Waals surface area contributed by atoms with E-state index in [0.717, 1.165) is 31.7 Å². The minimum Gasteiger partial charge on any atom is -0.463 e. The topological polar surface area (TPSA) is 73.9 Å². The second-order valence-corrected chi connectivity index (χ2v) is 6.63. The summed E-state index contributed by atoms with van der Waals surface area (Å²) in [6, 6.07) is 8.71. The maximum Gasteiger partial charge on any atom is 0.338 e. The zero-order valence-corrected chi connectivity index (χ0v) is 15.3. The van der Waals surface area contributed by atoms with Crippen molar-refractivity contribution in [3.63, 3.8) is 0 Å². The van der Waals surface area contributed by atoms with Gasteiger partial charge in [-0.2, -0.15) is 0 Å². The number of piperazine rings is 1. The standard InChI is InChI=1S/C19H26N4O3/c1-3-26-18(24)16-15(13-23-11-9-22(2)10-12-23)20-19(25)21-17(16)14-7-5-4-6-8-14/h4-8,17H,3,9-13H2,1-2H3,(H2,20,21,25). The molecule has 2 aliphatic heterocycles. The monoisotopic (exact) mass is 358 g/mol. The van der Waals surface area contributed by atoms with Crippen molar-refractivity contribution in [3.05, 3.63) is 47.2 Å². The van der Waals surface area contributed by atoms with Crippen LogP contribution in [0.2, 0.25) is 0 Å². The molecule has 1 atom stereocenters. The van der Waals surface area contributed by atoms with Gasteiger partial charge in [0.05, 0.1) is 18.2 Å². The molecule has 0 spiro atoms. The van der Waals surface area contributed by atoms with Crippen LogP contribution in [0.15, 0.2) is 41.6 Å². The highest BCUT2D eigenvalue weighted by atomic mass is 16.5. The molecule has 2 N–H and O–H groups in total. The third-order valence-electron chi connectivity index (χ3n) is 4.76. The first-order valence-electron chi connectivity index (χ1n) is 9.02. The molecule has 0 radical (unpaired) electrons. The number of urea groups is 1. The van der Waals surface area contributed by atoms with Crippen LogP contribution in [0.4, 0.5) is 4.79 Å². The van der Waals surface area contributed by atoms with Crippen LogP contribution in [0.5, 0.6) is 0 Å². The Morgan fingerprint density at radius 3 is 2.54 bits per heavy atom. The number of carbonyl (C=O) groups is 2. The molecule has 2 amide bonds. The third-order valence-corrected chi connectivity index (χ3v) is 4.76. The Kier molecular flexibility index (Phi) is 5.90. The van der Waals surface area contributed by atoms with E-state index >= 15 is 0 Å². The van der Waals surface area contributed by atoms with E-state index < -0.39 is 12.0 Å². The molecule has 0 saturated carbocycles. The smallest absolute Gasteiger partial charge is 0.338 e. The molecule has 1 aromatic rings. The SMILES string of the molecule is CCOC(=O)C1=C(CN2CCN(C)CC2)NC(=O)NC1c1ccccc1. The summed E-state index contributed by atoms with van der Waals surface area (Å²) in [5, 5.41) is 5.70. The molecule has 7 heteroatoms. The second-order valence-electron chi connectivity index (χ2n) is 6.63. The van der Waals surface area contributed by atoms with E-state index in [0.29, 0.717) is 24.4 Å². The van der Waals surface area contributed by atoms with Gasteiger partial charge in [0, 0.05) is 38.4 Å². The summed E-state index contributed by atoms with van der Waals surface area (Å²) >= 11 is 0. The summed E-state index contributed by atoms with van der Waals surface area (Å²) in [6.07, 6.45) is 0. The molecule has 0 aliphatic carbocycles. The molecule has 140 valence electrons. The maximum atomic E-state index is 12.7. The molecule has 7 nitrogen and oxygen atoms in total. The van der Waals surface area contributed by atoms with E-state index in [1.165, 1.54) is 0 Å². The van der Waals surface area contributed by atoms with Crippen LogP contribution in [0.3, 0.4) is 0 Å². The van der Waals surface area contributed by atoms with Crippen molar-refractivity contribution in [2.75, 3.05) is 46.4 Å². The molecule has 1 aromatic carbocycles. The first-order valence-corrected chi connectivity index (χ1v) is 9.02. The van der Waals surface area contributed by atoms with Crippen LogP contribution in [-0.4, -0.2) is 68.2 Å². The number of amides is 2. The number of likely N-dealkylation sites (N-methyl/N-ethyl adjacent to an activating group) is 1. The van der Waals surface area contributed by atoms with Crippen LogP contribution < -0.4 is 10.6 Å². The van der Waals surface area contributed by atoms with Gasteiger partial charge < -0.3 is 20.3 Å². The van der Waals surface area contributed by atoms with Crippen molar-refractivity contribution in [2.24, 2.45) is 0 Å². The maximum absolute atomic E-state index is 12.7. The molecule has 2 heterocycles. The average molecular weight is 358 g/mol. The third kappa shape index (κ3) is 4.23. The van der Waals surface area contributed by atoms with Crippen molar-refractivity contribution in [1.29, 1.82) is 0 Å². The highest BCUT2D eigenvalue weighted by molar-refractivity contribution is 5.95. The Bertz CT molecular complexity index is 681. The highest BCUT2D eigenvalue weighted by Crippen LogP contribution is 2.28. The summed E-state index contributed by atoms with van der Waals surface area (Å²) < 4.78 is 5.29. The van der Waals surface area contributed by atoms with Crippen LogP contribution in [0.1, 0.15) is 18.5 Å². The molecule has 0 bridgehead atoms. The second kappa shape index (κ2) is 8.33. The molecular weight excluding hydrogens is 332 g/mol. The van der Waals surface area contributed by atoms with Gasteiger partial charge in [0.1, 0.15) is 0 Å². The van der Waals surface area contributed by atoms with E-state index in [1.807, 2.05) is 30.3 Å². The molecule has 1 saturated heterocycles. The van der Waals surface area contributed by atoms with E-state index in [4.69, 9.17) is 4.74 Å². The van der Waals surface area contributed by atoms with Crippen molar-refractivity contribution in [1.82, 2.24) is 20.4 Å². The van der Waals surface area contributed by atoms with Gasteiger partial charge in [-0.05, 0) is 19.5 Å². The molecule has 26 heavy (non-hydrogen) atoms. The van der Waals surface area contributed by atoms with Gasteiger partial charge in [-0.25, -0.2) is 9.59 Å². The van der Waals surface area contributed by atoms with Gasteiger partial charge in [-0.1, -0.05) is 30.3 Å². The molecule has 1 unspecified atom stereocenters. The lowest BCUT2D eigenvalue weighted by Crippen LogP contribution is -2.51. The van der Waals surface area contributed by atoms with E-state index in [9.17, 15) is 9.59 Å². The Labute approximate surface area is 154 Å². The zero-order chi connectivity index (χ0) is 18.5. The van der Waals surface area contributed by atoms with Gasteiger partial charge >= 0.3 is 12.0 Å². The number of benzene rings is 1. The number of esters is 1. The first-order chi connectivity index (χ1) is 12.6. The predicted octanol–water partition coefficient (Wildman–Crippen LogP) is 1.11. The van der Waals surface area contributed by atoms with Gasteiger partial charge in [0.15, 0.2) is 0 Å². The fourth-order valence-corrected chi connectivity index (χ4v) is 3.32. The van der Waals surface area contributed by atoms with Gasteiger partial charge in [-0.3, -0.25) is 4.90 Å². The van der Waals surface area contributed by atoms with E-state index in [-0.39, 0.29) is 6.03 Å². The number of rotatable bonds is 5. The zero-order valence-electron chi connectivity index (χ0n) is 15.3. The Balaban J connectivity index is 1.93. The first kappa shape index (κ1) is 18.4. The van der Waals surface area contributed by atoms with Gasteiger partial charge in [0.2, 0.25) is 0 Å². The summed E-state index contributed by atoms with van der Waals surface area (Å²) in [4.78, 5) is 29.5. The molecule has 2 aliphatic rings. The molecule has 1 fully saturated rings. The Morgan fingerprint density at radius 1 is 1.19 bits per heavy atom. The lowest BCUT2D eigenvalue weighted by Gasteiger charge is -2.35.